The molecular weight excluding hydrogens is 358 g/mol. The molecule has 0 aliphatic rings. The molecule has 0 bridgehead atoms. The Hall–Kier alpha value is -3.19. The molecule has 8 heteroatoms. The highest BCUT2D eigenvalue weighted by atomic mass is 35.5. The molecule has 0 saturated carbocycles. The van der Waals surface area contributed by atoms with Gasteiger partial charge < -0.3 is 9.47 Å². The number of rotatable bonds is 5. The average molecular weight is 372 g/mol. The van der Waals surface area contributed by atoms with E-state index < -0.39 is 4.92 Å². The Kier molecular flexibility index (Phi) is 4.99. The molecule has 0 fully saturated rings. The molecule has 7 nitrogen and oxygen atoms in total. The summed E-state index contributed by atoms with van der Waals surface area (Å²) in [6.45, 7) is 0. The highest BCUT2D eigenvalue weighted by molar-refractivity contribution is 6.34. The van der Waals surface area contributed by atoms with Gasteiger partial charge in [0.15, 0.2) is 17.3 Å². The number of nitro benzene ring substituents is 1. The minimum absolute atomic E-state index is 0.0152. The molecule has 0 atom stereocenters. The van der Waals surface area contributed by atoms with E-state index in [1.807, 2.05) is 0 Å². The molecule has 132 valence electrons. The first-order chi connectivity index (χ1) is 12.5. The minimum Gasteiger partial charge on any atom is -0.493 e. The highest BCUT2D eigenvalue weighted by Gasteiger charge is 2.11. The van der Waals surface area contributed by atoms with Gasteiger partial charge in [-0.2, -0.15) is 0 Å². The number of nitro groups is 1. The summed E-state index contributed by atoms with van der Waals surface area (Å²) in [5, 5.41) is 11.8. The van der Waals surface area contributed by atoms with E-state index in [1.54, 1.807) is 36.4 Å². The lowest BCUT2D eigenvalue weighted by atomic mass is 10.2. The van der Waals surface area contributed by atoms with Gasteiger partial charge in [-0.05, 0) is 17.7 Å². The molecule has 0 spiro atoms. The molecule has 26 heavy (non-hydrogen) atoms. The molecule has 0 radical (unpaired) electrons. The van der Waals surface area contributed by atoms with Crippen LogP contribution in [0.25, 0.3) is 23.1 Å². The minimum atomic E-state index is -0.444. The van der Waals surface area contributed by atoms with Crippen LogP contribution in [-0.2, 0) is 0 Å². The van der Waals surface area contributed by atoms with Crippen molar-refractivity contribution in [3.63, 3.8) is 0 Å². The van der Waals surface area contributed by atoms with Crippen LogP contribution in [0.5, 0.6) is 11.5 Å². The van der Waals surface area contributed by atoms with Crippen molar-refractivity contribution in [2.75, 3.05) is 14.2 Å². The number of hydrogen-bond donors (Lipinski definition) is 0. The third kappa shape index (κ3) is 3.57. The lowest BCUT2D eigenvalue weighted by Gasteiger charge is -2.09. The monoisotopic (exact) mass is 371 g/mol. The lowest BCUT2D eigenvalue weighted by Crippen LogP contribution is -1.95. The maximum atomic E-state index is 10.8. The van der Waals surface area contributed by atoms with Crippen LogP contribution >= 0.6 is 11.6 Å². The maximum absolute atomic E-state index is 10.8. The van der Waals surface area contributed by atoms with Crippen molar-refractivity contribution < 1.29 is 14.4 Å². The zero-order valence-corrected chi connectivity index (χ0v) is 14.7. The van der Waals surface area contributed by atoms with Crippen molar-refractivity contribution >= 4 is 40.3 Å². The summed E-state index contributed by atoms with van der Waals surface area (Å²) in [6, 6.07) is 9.69. The highest BCUT2D eigenvalue weighted by Crippen LogP contribution is 2.34. The van der Waals surface area contributed by atoms with E-state index in [1.165, 1.54) is 26.4 Å². The normalized spacial score (nSPS) is 11.0. The van der Waals surface area contributed by atoms with Crippen molar-refractivity contribution in [3.8, 4) is 11.5 Å². The number of fused-ring (bicyclic) bond motifs is 1. The molecule has 1 heterocycles. The Balaban J connectivity index is 2.00. The van der Waals surface area contributed by atoms with Crippen LogP contribution in [0.3, 0.4) is 0 Å². The van der Waals surface area contributed by atoms with Crippen LogP contribution in [0.1, 0.15) is 11.4 Å². The van der Waals surface area contributed by atoms with Gasteiger partial charge in [0.25, 0.3) is 5.69 Å². The largest absolute Gasteiger partial charge is 0.493 e. The molecule has 3 aromatic rings. The van der Waals surface area contributed by atoms with Gasteiger partial charge in [0, 0.05) is 23.6 Å². The Labute approximate surface area is 154 Å². The summed E-state index contributed by atoms with van der Waals surface area (Å²) < 4.78 is 10.5. The molecule has 0 N–H and O–H groups in total. The smallest absolute Gasteiger partial charge is 0.270 e. The molecule has 2 aromatic carbocycles. The van der Waals surface area contributed by atoms with Gasteiger partial charge in [0.05, 0.1) is 24.7 Å². The van der Waals surface area contributed by atoms with E-state index in [0.717, 1.165) is 0 Å². The second kappa shape index (κ2) is 7.37. The fourth-order valence-corrected chi connectivity index (χ4v) is 2.66. The molecule has 3 rings (SSSR count). The molecule has 0 aliphatic carbocycles. The second-order valence-electron chi connectivity index (χ2n) is 5.28. The molecule has 0 aliphatic heterocycles. The standard InChI is InChI=1S/C18H14ClN3O4/c1-25-15-9-13-14(10-16(15)26-2)20-17(21-18(13)19)7-6-11-4-3-5-12(8-11)22(23)24/h3-10H,1-2H3. The van der Waals surface area contributed by atoms with Gasteiger partial charge in [0.2, 0.25) is 0 Å². The number of methoxy groups -OCH3 is 2. The number of benzene rings is 2. The van der Waals surface area contributed by atoms with Crippen molar-refractivity contribution in [1.82, 2.24) is 9.97 Å². The maximum Gasteiger partial charge on any atom is 0.270 e. The first-order valence-corrected chi connectivity index (χ1v) is 7.91. The number of aromatic nitrogens is 2. The first-order valence-electron chi connectivity index (χ1n) is 7.53. The van der Waals surface area contributed by atoms with Gasteiger partial charge in [-0.3, -0.25) is 10.1 Å². The fraction of sp³-hybridized carbons (Fsp3) is 0.111. The van der Waals surface area contributed by atoms with E-state index in [-0.39, 0.29) is 10.8 Å². The third-order valence-corrected chi connectivity index (χ3v) is 3.97. The van der Waals surface area contributed by atoms with Crippen molar-refractivity contribution in [2.45, 2.75) is 0 Å². The number of hydrogen-bond acceptors (Lipinski definition) is 6. The van der Waals surface area contributed by atoms with Gasteiger partial charge in [0.1, 0.15) is 5.15 Å². The molecule has 1 aromatic heterocycles. The Morgan fingerprint density at radius 1 is 1.08 bits per heavy atom. The Bertz CT molecular complexity index is 1020. The van der Waals surface area contributed by atoms with Crippen molar-refractivity contribution in [1.29, 1.82) is 0 Å². The summed E-state index contributed by atoms with van der Waals surface area (Å²) in [5.74, 6) is 1.44. The van der Waals surface area contributed by atoms with Gasteiger partial charge >= 0.3 is 0 Å². The van der Waals surface area contributed by atoms with Crippen LogP contribution in [0, 0.1) is 10.1 Å². The Morgan fingerprint density at radius 3 is 2.50 bits per heavy atom. The van der Waals surface area contributed by atoms with Gasteiger partial charge in [-0.15, -0.1) is 0 Å². The predicted octanol–water partition coefficient (Wildman–Crippen LogP) is 4.38. The third-order valence-electron chi connectivity index (χ3n) is 3.68. The molecular formula is C18H14ClN3O4. The number of non-ortho nitro benzene ring substituents is 1. The number of nitrogens with zero attached hydrogens (tertiary/aromatic N) is 3. The van der Waals surface area contributed by atoms with Gasteiger partial charge in [-0.1, -0.05) is 29.8 Å². The van der Waals surface area contributed by atoms with E-state index in [9.17, 15) is 10.1 Å². The van der Waals surface area contributed by atoms with Gasteiger partial charge in [-0.25, -0.2) is 9.97 Å². The summed E-state index contributed by atoms with van der Waals surface area (Å²) in [4.78, 5) is 19.1. The first kappa shape index (κ1) is 17.6. The summed E-state index contributed by atoms with van der Waals surface area (Å²) in [7, 11) is 3.07. The zero-order valence-electron chi connectivity index (χ0n) is 14.0. The van der Waals surface area contributed by atoms with E-state index in [0.29, 0.717) is 33.8 Å². The van der Waals surface area contributed by atoms with Crippen molar-refractivity contribution in [2.24, 2.45) is 0 Å². The van der Waals surface area contributed by atoms with Crippen LogP contribution in [0.2, 0.25) is 5.15 Å². The number of ether oxygens (including phenoxy) is 2. The summed E-state index contributed by atoms with van der Waals surface area (Å²) in [5.41, 5.74) is 1.27. The fourth-order valence-electron chi connectivity index (χ4n) is 2.42. The summed E-state index contributed by atoms with van der Waals surface area (Å²) in [6.07, 6.45) is 3.33. The van der Waals surface area contributed by atoms with Crippen LogP contribution in [-0.4, -0.2) is 29.1 Å². The van der Waals surface area contributed by atoms with Crippen LogP contribution < -0.4 is 9.47 Å². The SMILES string of the molecule is COc1cc2nc(C=Cc3cccc([N+](=O)[O-])c3)nc(Cl)c2cc1OC. The van der Waals surface area contributed by atoms with E-state index >= 15 is 0 Å². The molecule has 0 unspecified atom stereocenters. The molecule has 0 amide bonds. The van der Waals surface area contributed by atoms with Crippen molar-refractivity contribution in [3.05, 3.63) is 63.1 Å². The summed E-state index contributed by atoms with van der Waals surface area (Å²) >= 11 is 6.26. The second-order valence-corrected chi connectivity index (χ2v) is 5.64. The van der Waals surface area contributed by atoms with Crippen LogP contribution in [0.4, 0.5) is 5.69 Å². The lowest BCUT2D eigenvalue weighted by molar-refractivity contribution is -0.384. The molecule has 0 saturated heterocycles. The number of halogens is 1. The predicted molar refractivity (Wildman–Crippen MR) is 99.7 cm³/mol. The van der Waals surface area contributed by atoms with E-state index in [4.69, 9.17) is 21.1 Å². The Morgan fingerprint density at radius 2 is 1.81 bits per heavy atom. The van der Waals surface area contributed by atoms with E-state index in [2.05, 4.69) is 9.97 Å². The van der Waals surface area contributed by atoms with Crippen LogP contribution in [0.15, 0.2) is 36.4 Å². The quantitative estimate of drug-likeness (QED) is 0.375. The average Bonchev–Trinajstić information content (AvgIpc) is 2.65. The topological polar surface area (TPSA) is 87.4 Å². The zero-order chi connectivity index (χ0) is 18.7.